The molecule has 18 heavy (non-hydrogen) atoms. The molecular formula is C12H24N2O4. The molecule has 1 aliphatic heterocycles. The topological polar surface area (TPSA) is 79.8 Å². The van der Waals surface area contributed by atoms with Gasteiger partial charge in [0.25, 0.3) is 0 Å². The average molecular weight is 260 g/mol. The summed E-state index contributed by atoms with van der Waals surface area (Å²) in [5.41, 5.74) is 0. The number of aliphatic hydroxyl groups is 1. The van der Waals surface area contributed by atoms with E-state index in [1.54, 1.807) is 0 Å². The van der Waals surface area contributed by atoms with Gasteiger partial charge < -0.3 is 25.2 Å². The first-order chi connectivity index (χ1) is 8.83. The van der Waals surface area contributed by atoms with Crippen LogP contribution >= 0.6 is 0 Å². The van der Waals surface area contributed by atoms with E-state index in [2.05, 4.69) is 10.6 Å². The van der Waals surface area contributed by atoms with Crippen molar-refractivity contribution in [3.63, 3.8) is 0 Å². The Morgan fingerprint density at radius 3 is 2.83 bits per heavy atom. The van der Waals surface area contributed by atoms with E-state index in [1.165, 1.54) is 0 Å². The smallest absolute Gasteiger partial charge is 0.246 e. The molecule has 1 rings (SSSR count). The Morgan fingerprint density at radius 1 is 1.33 bits per heavy atom. The summed E-state index contributed by atoms with van der Waals surface area (Å²) in [6.07, 6.45) is 2.91. The number of piperidine rings is 1. The van der Waals surface area contributed by atoms with Crippen LogP contribution in [0.3, 0.4) is 0 Å². The highest BCUT2D eigenvalue weighted by atomic mass is 16.5. The Bertz CT molecular complexity index is 220. The van der Waals surface area contributed by atoms with Gasteiger partial charge in [-0.25, -0.2) is 0 Å². The van der Waals surface area contributed by atoms with Crippen LogP contribution in [0.4, 0.5) is 0 Å². The normalized spacial score (nSPS) is 16.7. The van der Waals surface area contributed by atoms with Crippen molar-refractivity contribution < 1.29 is 19.4 Å². The lowest BCUT2D eigenvalue weighted by molar-refractivity contribution is -0.128. The molecule has 1 aliphatic rings. The van der Waals surface area contributed by atoms with Crippen molar-refractivity contribution >= 4 is 5.91 Å². The van der Waals surface area contributed by atoms with Crippen molar-refractivity contribution in [3.05, 3.63) is 0 Å². The van der Waals surface area contributed by atoms with E-state index in [0.717, 1.165) is 32.4 Å². The molecule has 6 heteroatoms. The first-order valence-electron chi connectivity index (χ1n) is 6.60. The lowest BCUT2D eigenvalue weighted by atomic mass is 10.1. The molecule has 1 heterocycles. The third kappa shape index (κ3) is 7.60. The van der Waals surface area contributed by atoms with Gasteiger partial charge in [-0.2, -0.15) is 0 Å². The molecule has 0 unspecified atom stereocenters. The van der Waals surface area contributed by atoms with E-state index < -0.39 is 0 Å². The number of amides is 1. The number of aliphatic hydroxyl groups excluding tert-OH is 1. The Hall–Kier alpha value is -0.690. The summed E-state index contributed by atoms with van der Waals surface area (Å²) in [6.45, 7) is 3.60. The first-order valence-corrected chi connectivity index (χ1v) is 6.60. The molecule has 0 aromatic carbocycles. The van der Waals surface area contributed by atoms with Gasteiger partial charge in [-0.15, -0.1) is 0 Å². The molecule has 0 spiro atoms. The number of hydrogen-bond donors (Lipinski definition) is 3. The summed E-state index contributed by atoms with van der Waals surface area (Å²) < 4.78 is 10.6. The molecule has 6 nitrogen and oxygen atoms in total. The molecule has 1 saturated heterocycles. The van der Waals surface area contributed by atoms with Gasteiger partial charge in [0.1, 0.15) is 6.61 Å². The fourth-order valence-electron chi connectivity index (χ4n) is 1.78. The summed E-state index contributed by atoms with van der Waals surface area (Å²) in [5.74, 6) is -0.0734. The highest BCUT2D eigenvalue weighted by molar-refractivity contribution is 5.77. The van der Waals surface area contributed by atoms with E-state index in [1.807, 2.05) is 0 Å². The molecule has 0 saturated carbocycles. The zero-order valence-corrected chi connectivity index (χ0v) is 10.8. The van der Waals surface area contributed by atoms with Gasteiger partial charge in [-0.3, -0.25) is 4.79 Å². The van der Waals surface area contributed by atoms with Crippen LogP contribution in [0.25, 0.3) is 0 Å². The van der Waals surface area contributed by atoms with Crippen LogP contribution in [0.15, 0.2) is 0 Å². The summed E-state index contributed by atoms with van der Waals surface area (Å²) >= 11 is 0. The number of nitrogens with one attached hydrogen (secondary N) is 2. The second-order valence-electron chi connectivity index (χ2n) is 4.30. The summed E-state index contributed by atoms with van der Waals surface area (Å²) in [7, 11) is 0. The Balaban J connectivity index is 1.90. The molecule has 106 valence electrons. The minimum absolute atomic E-state index is 0.0381. The van der Waals surface area contributed by atoms with Gasteiger partial charge in [-0.05, 0) is 32.4 Å². The summed E-state index contributed by atoms with van der Waals surface area (Å²) in [4.78, 5) is 11.4. The number of ether oxygens (including phenoxy) is 2. The molecule has 1 amide bonds. The van der Waals surface area contributed by atoms with Gasteiger partial charge in [0.2, 0.25) is 5.91 Å². The standard InChI is InChI=1S/C12H24N2O4/c15-7-9-17-8-1-4-14-12(16)10-18-11-2-5-13-6-3-11/h11,13,15H,1-10H2,(H,14,16). The average Bonchev–Trinajstić information content (AvgIpc) is 2.41. The first kappa shape index (κ1) is 15.4. The van der Waals surface area contributed by atoms with Crippen molar-refractivity contribution in [2.45, 2.75) is 25.4 Å². The Kier molecular flexibility index (Phi) is 8.75. The zero-order chi connectivity index (χ0) is 13.1. The predicted octanol–water partition coefficient (Wildman–Crippen LogP) is -0.730. The lowest BCUT2D eigenvalue weighted by Crippen LogP contribution is -2.36. The van der Waals surface area contributed by atoms with Gasteiger partial charge in [-0.1, -0.05) is 0 Å². The van der Waals surface area contributed by atoms with Crippen LogP contribution in [0.2, 0.25) is 0 Å². The molecule has 0 radical (unpaired) electrons. The zero-order valence-electron chi connectivity index (χ0n) is 10.8. The van der Waals surface area contributed by atoms with E-state index >= 15 is 0 Å². The number of hydrogen-bond acceptors (Lipinski definition) is 5. The van der Waals surface area contributed by atoms with Crippen molar-refractivity contribution in [1.82, 2.24) is 10.6 Å². The van der Waals surface area contributed by atoms with Crippen LogP contribution in [-0.4, -0.2) is 63.2 Å². The van der Waals surface area contributed by atoms with Crippen LogP contribution in [-0.2, 0) is 14.3 Å². The predicted molar refractivity (Wildman–Crippen MR) is 67.4 cm³/mol. The molecular weight excluding hydrogens is 236 g/mol. The summed E-state index contributed by atoms with van der Waals surface area (Å²) in [6, 6.07) is 0. The molecule has 0 aromatic rings. The van der Waals surface area contributed by atoms with E-state index in [0.29, 0.717) is 19.8 Å². The minimum atomic E-state index is -0.0734. The lowest BCUT2D eigenvalue weighted by Gasteiger charge is -2.22. The van der Waals surface area contributed by atoms with Crippen LogP contribution in [0, 0.1) is 0 Å². The second kappa shape index (κ2) is 10.3. The van der Waals surface area contributed by atoms with Crippen LogP contribution in [0.5, 0.6) is 0 Å². The van der Waals surface area contributed by atoms with Crippen LogP contribution in [0.1, 0.15) is 19.3 Å². The third-order valence-corrected chi connectivity index (χ3v) is 2.76. The third-order valence-electron chi connectivity index (χ3n) is 2.76. The SMILES string of the molecule is O=C(COC1CCNCC1)NCCCOCCO. The molecule has 0 atom stereocenters. The van der Waals surface area contributed by atoms with E-state index in [4.69, 9.17) is 14.6 Å². The summed E-state index contributed by atoms with van der Waals surface area (Å²) in [5, 5.41) is 14.5. The molecule has 0 aliphatic carbocycles. The monoisotopic (exact) mass is 260 g/mol. The molecule has 1 fully saturated rings. The van der Waals surface area contributed by atoms with Crippen LogP contribution < -0.4 is 10.6 Å². The molecule has 3 N–H and O–H groups in total. The van der Waals surface area contributed by atoms with E-state index in [9.17, 15) is 4.79 Å². The van der Waals surface area contributed by atoms with Gasteiger partial charge in [0.05, 0.1) is 19.3 Å². The van der Waals surface area contributed by atoms with Gasteiger partial charge in [0.15, 0.2) is 0 Å². The molecule has 0 bridgehead atoms. The fourth-order valence-corrected chi connectivity index (χ4v) is 1.78. The molecule has 0 aromatic heterocycles. The van der Waals surface area contributed by atoms with Crippen molar-refractivity contribution in [1.29, 1.82) is 0 Å². The quantitative estimate of drug-likeness (QED) is 0.476. The Labute approximate surface area is 108 Å². The minimum Gasteiger partial charge on any atom is -0.394 e. The second-order valence-corrected chi connectivity index (χ2v) is 4.30. The highest BCUT2D eigenvalue weighted by Gasteiger charge is 2.14. The van der Waals surface area contributed by atoms with Crippen molar-refractivity contribution in [3.8, 4) is 0 Å². The maximum Gasteiger partial charge on any atom is 0.246 e. The fraction of sp³-hybridized carbons (Fsp3) is 0.917. The largest absolute Gasteiger partial charge is 0.394 e. The number of rotatable bonds is 9. The van der Waals surface area contributed by atoms with E-state index in [-0.39, 0.29) is 25.2 Å². The Morgan fingerprint density at radius 2 is 2.11 bits per heavy atom. The van der Waals surface area contributed by atoms with Gasteiger partial charge >= 0.3 is 0 Å². The highest BCUT2D eigenvalue weighted by Crippen LogP contribution is 2.06. The number of carbonyl (C=O) groups is 1. The maximum atomic E-state index is 11.4. The van der Waals surface area contributed by atoms with Crippen molar-refractivity contribution in [2.75, 3.05) is 46.1 Å². The van der Waals surface area contributed by atoms with Gasteiger partial charge in [0, 0.05) is 13.2 Å². The number of carbonyl (C=O) groups excluding carboxylic acids is 1. The van der Waals surface area contributed by atoms with Crippen molar-refractivity contribution in [2.24, 2.45) is 0 Å². The maximum absolute atomic E-state index is 11.4.